The van der Waals surface area contributed by atoms with E-state index in [2.05, 4.69) is 12.2 Å². The van der Waals surface area contributed by atoms with Gasteiger partial charge < -0.3 is 10.4 Å². The van der Waals surface area contributed by atoms with Gasteiger partial charge in [0, 0.05) is 19.4 Å². The molecule has 1 aliphatic carbocycles. The predicted molar refractivity (Wildman–Crippen MR) is 56.5 cm³/mol. The van der Waals surface area contributed by atoms with E-state index < -0.39 is 5.97 Å². The smallest absolute Gasteiger partial charge is 0.303 e. The molecule has 2 N–H and O–H groups in total. The maximum atomic E-state index is 11.3. The summed E-state index contributed by atoms with van der Waals surface area (Å²) in [6.45, 7) is 2.90. The number of carbonyl (C=O) groups excluding carboxylic acids is 1. The van der Waals surface area contributed by atoms with Gasteiger partial charge in [-0.1, -0.05) is 6.92 Å². The number of nitrogens with one attached hydrogen (secondary N) is 1. The molecule has 0 aliphatic heterocycles. The summed E-state index contributed by atoms with van der Waals surface area (Å²) in [7, 11) is 0. The number of amides is 1. The number of rotatable bonds is 7. The summed E-state index contributed by atoms with van der Waals surface area (Å²) in [6, 6.07) is 0. The third-order valence-electron chi connectivity index (χ3n) is 3.16. The summed E-state index contributed by atoms with van der Waals surface area (Å²) >= 11 is 0. The van der Waals surface area contributed by atoms with Gasteiger partial charge in [-0.15, -0.1) is 0 Å². The van der Waals surface area contributed by atoms with Gasteiger partial charge in [-0.05, 0) is 31.1 Å². The molecule has 86 valence electrons. The molecular formula is C11H19NO3. The Hall–Kier alpha value is -1.06. The Morgan fingerprint density at radius 3 is 2.47 bits per heavy atom. The van der Waals surface area contributed by atoms with Crippen LogP contribution in [0, 0.1) is 5.41 Å². The Balaban J connectivity index is 2.06. The molecule has 15 heavy (non-hydrogen) atoms. The number of carboxylic acids is 1. The maximum Gasteiger partial charge on any atom is 0.303 e. The topological polar surface area (TPSA) is 66.4 Å². The van der Waals surface area contributed by atoms with Crippen LogP contribution in [-0.4, -0.2) is 23.5 Å². The molecule has 1 saturated carbocycles. The summed E-state index contributed by atoms with van der Waals surface area (Å²) in [5, 5.41) is 11.3. The quantitative estimate of drug-likeness (QED) is 0.674. The summed E-state index contributed by atoms with van der Waals surface area (Å²) < 4.78 is 0. The van der Waals surface area contributed by atoms with Crippen molar-refractivity contribution in [2.45, 2.75) is 45.4 Å². The van der Waals surface area contributed by atoms with Gasteiger partial charge in [0.15, 0.2) is 0 Å². The molecule has 0 aromatic heterocycles. The number of carboxylic acid groups (broad SMARTS) is 1. The third-order valence-corrected chi connectivity index (χ3v) is 3.16. The van der Waals surface area contributed by atoms with E-state index in [0.717, 1.165) is 13.0 Å². The number of hydrogen-bond acceptors (Lipinski definition) is 2. The van der Waals surface area contributed by atoms with Crippen molar-refractivity contribution in [3.05, 3.63) is 0 Å². The molecule has 0 unspecified atom stereocenters. The first-order chi connectivity index (χ1) is 7.08. The Morgan fingerprint density at radius 1 is 1.33 bits per heavy atom. The molecule has 4 nitrogen and oxygen atoms in total. The van der Waals surface area contributed by atoms with Crippen LogP contribution in [0.1, 0.15) is 45.4 Å². The molecule has 0 saturated heterocycles. The van der Waals surface area contributed by atoms with Crippen LogP contribution >= 0.6 is 0 Å². The second kappa shape index (κ2) is 5.14. The van der Waals surface area contributed by atoms with Crippen molar-refractivity contribution < 1.29 is 14.7 Å². The number of carbonyl (C=O) groups is 2. The van der Waals surface area contributed by atoms with E-state index in [-0.39, 0.29) is 12.3 Å². The van der Waals surface area contributed by atoms with E-state index in [4.69, 9.17) is 5.11 Å². The third kappa shape index (κ3) is 4.32. The molecule has 4 heteroatoms. The molecule has 1 rings (SSSR count). The Morgan fingerprint density at radius 2 is 2.00 bits per heavy atom. The van der Waals surface area contributed by atoms with Gasteiger partial charge in [0.25, 0.3) is 0 Å². The first-order valence-electron chi connectivity index (χ1n) is 5.56. The minimum atomic E-state index is -0.838. The SMILES string of the molecule is CCC1(CNC(=O)CCCC(=O)O)CC1. The fourth-order valence-corrected chi connectivity index (χ4v) is 1.61. The molecule has 1 fully saturated rings. The van der Waals surface area contributed by atoms with E-state index in [9.17, 15) is 9.59 Å². The second-order valence-electron chi connectivity index (χ2n) is 4.38. The zero-order chi connectivity index (χ0) is 11.3. The highest BCUT2D eigenvalue weighted by molar-refractivity contribution is 5.76. The zero-order valence-electron chi connectivity index (χ0n) is 9.21. The van der Waals surface area contributed by atoms with E-state index in [1.165, 1.54) is 12.8 Å². The van der Waals surface area contributed by atoms with Crippen molar-refractivity contribution in [2.24, 2.45) is 5.41 Å². The van der Waals surface area contributed by atoms with Crippen LogP contribution in [0.3, 0.4) is 0 Å². The standard InChI is InChI=1S/C11H19NO3/c1-2-11(6-7-11)8-12-9(13)4-3-5-10(14)15/h2-8H2,1H3,(H,12,13)(H,14,15). The monoisotopic (exact) mass is 213 g/mol. The van der Waals surface area contributed by atoms with Crippen molar-refractivity contribution >= 4 is 11.9 Å². The van der Waals surface area contributed by atoms with Crippen molar-refractivity contribution in [3.8, 4) is 0 Å². The van der Waals surface area contributed by atoms with Gasteiger partial charge in [-0.25, -0.2) is 0 Å². The molecule has 0 bridgehead atoms. The van der Waals surface area contributed by atoms with Crippen LogP contribution < -0.4 is 5.32 Å². The van der Waals surface area contributed by atoms with Crippen LogP contribution in [0.15, 0.2) is 0 Å². The largest absolute Gasteiger partial charge is 0.481 e. The molecule has 1 aliphatic rings. The van der Waals surface area contributed by atoms with Crippen LogP contribution in [0.5, 0.6) is 0 Å². The Labute approximate surface area is 90.0 Å². The highest BCUT2D eigenvalue weighted by atomic mass is 16.4. The fourth-order valence-electron chi connectivity index (χ4n) is 1.61. The molecule has 0 aromatic carbocycles. The Kier molecular flexibility index (Phi) is 4.12. The summed E-state index contributed by atoms with van der Waals surface area (Å²) in [5.41, 5.74) is 0.364. The minimum absolute atomic E-state index is 0.0176. The average Bonchev–Trinajstić information content (AvgIpc) is 2.95. The van der Waals surface area contributed by atoms with Gasteiger partial charge >= 0.3 is 5.97 Å². The highest BCUT2D eigenvalue weighted by Gasteiger charge is 2.40. The van der Waals surface area contributed by atoms with Crippen molar-refractivity contribution in [3.63, 3.8) is 0 Å². The molecule has 0 radical (unpaired) electrons. The summed E-state index contributed by atoms with van der Waals surface area (Å²) in [6.07, 6.45) is 4.36. The fraction of sp³-hybridized carbons (Fsp3) is 0.818. The van der Waals surface area contributed by atoms with Crippen LogP contribution in [0.2, 0.25) is 0 Å². The van der Waals surface area contributed by atoms with Crippen molar-refractivity contribution in [2.75, 3.05) is 6.54 Å². The minimum Gasteiger partial charge on any atom is -0.481 e. The first kappa shape index (κ1) is 12.0. The van der Waals surface area contributed by atoms with E-state index >= 15 is 0 Å². The van der Waals surface area contributed by atoms with E-state index in [0.29, 0.717) is 18.3 Å². The molecule has 0 heterocycles. The lowest BCUT2D eigenvalue weighted by Crippen LogP contribution is -2.29. The molecule has 1 amide bonds. The lowest BCUT2D eigenvalue weighted by atomic mass is 10.0. The zero-order valence-corrected chi connectivity index (χ0v) is 9.21. The molecule has 0 aromatic rings. The number of aliphatic carboxylic acids is 1. The van der Waals surface area contributed by atoms with Gasteiger partial charge in [0.05, 0.1) is 0 Å². The van der Waals surface area contributed by atoms with Crippen molar-refractivity contribution in [1.29, 1.82) is 0 Å². The Bertz CT molecular complexity index is 246. The van der Waals surface area contributed by atoms with Gasteiger partial charge in [0.2, 0.25) is 5.91 Å². The lowest BCUT2D eigenvalue weighted by Gasteiger charge is -2.12. The maximum absolute atomic E-state index is 11.3. The van der Waals surface area contributed by atoms with E-state index in [1.807, 2.05) is 0 Å². The van der Waals surface area contributed by atoms with Crippen LogP contribution in [0.25, 0.3) is 0 Å². The van der Waals surface area contributed by atoms with Gasteiger partial charge in [0.1, 0.15) is 0 Å². The van der Waals surface area contributed by atoms with Gasteiger partial charge in [-0.3, -0.25) is 9.59 Å². The molecule has 0 atom stereocenters. The molecule has 0 spiro atoms. The molecular weight excluding hydrogens is 194 g/mol. The number of hydrogen-bond donors (Lipinski definition) is 2. The van der Waals surface area contributed by atoms with Crippen LogP contribution in [0.4, 0.5) is 0 Å². The average molecular weight is 213 g/mol. The van der Waals surface area contributed by atoms with Crippen molar-refractivity contribution in [1.82, 2.24) is 5.32 Å². The van der Waals surface area contributed by atoms with Crippen LogP contribution in [-0.2, 0) is 9.59 Å². The summed E-state index contributed by atoms with van der Waals surface area (Å²) in [5.74, 6) is -0.856. The second-order valence-corrected chi connectivity index (χ2v) is 4.38. The first-order valence-corrected chi connectivity index (χ1v) is 5.56. The van der Waals surface area contributed by atoms with E-state index in [1.54, 1.807) is 0 Å². The normalized spacial score (nSPS) is 17.1. The highest BCUT2D eigenvalue weighted by Crippen LogP contribution is 2.47. The summed E-state index contributed by atoms with van der Waals surface area (Å²) in [4.78, 5) is 21.5. The predicted octanol–water partition coefficient (Wildman–Crippen LogP) is 1.55. The van der Waals surface area contributed by atoms with Gasteiger partial charge in [-0.2, -0.15) is 0 Å². The lowest BCUT2D eigenvalue weighted by molar-refractivity contribution is -0.137.